The second-order valence-corrected chi connectivity index (χ2v) is 3.89. The van der Waals surface area contributed by atoms with Crippen LogP contribution in [0.3, 0.4) is 0 Å². The van der Waals surface area contributed by atoms with E-state index >= 15 is 0 Å². The molecule has 0 radical (unpaired) electrons. The molecule has 0 aliphatic rings. The van der Waals surface area contributed by atoms with Crippen molar-refractivity contribution in [1.29, 1.82) is 0 Å². The molecule has 2 aromatic carbocycles. The molecule has 0 N–H and O–H groups in total. The Morgan fingerprint density at radius 1 is 1.00 bits per heavy atom. The van der Waals surface area contributed by atoms with Gasteiger partial charge in [-0.05, 0) is 51.6 Å². The van der Waals surface area contributed by atoms with Gasteiger partial charge in [0.25, 0.3) is 0 Å². The van der Waals surface area contributed by atoms with Gasteiger partial charge in [-0.15, -0.1) is 0 Å². The largest absolute Gasteiger partial charge is 0.204 e. The van der Waals surface area contributed by atoms with E-state index in [4.69, 9.17) is 0 Å². The van der Waals surface area contributed by atoms with Crippen LogP contribution in [0.5, 0.6) is 0 Å². The SMILES string of the molecule is Fc1cc2cccc(I)c2cc1F. The van der Waals surface area contributed by atoms with Crippen LogP contribution >= 0.6 is 22.6 Å². The van der Waals surface area contributed by atoms with Crippen molar-refractivity contribution < 1.29 is 8.78 Å². The Hall–Kier alpha value is -0.710. The van der Waals surface area contributed by atoms with Crippen molar-refractivity contribution in [2.75, 3.05) is 0 Å². The maximum absolute atomic E-state index is 12.9. The van der Waals surface area contributed by atoms with Crippen LogP contribution in [0.4, 0.5) is 8.78 Å². The highest BCUT2D eigenvalue weighted by atomic mass is 127. The summed E-state index contributed by atoms with van der Waals surface area (Å²) in [6, 6.07) is 7.89. The third-order valence-electron chi connectivity index (χ3n) is 1.87. The van der Waals surface area contributed by atoms with E-state index in [9.17, 15) is 8.78 Å². The van der Waals surface area contributed by atoms with Crippen LogP contribution in [0.15, 0.2) is 30.3 Å². The van der Waals surface area contributed by atoms with Crippen molar-refractivity contribution in [2.45, 2.75) is 0 Å². The Labute approximate surface area is 87.7 Å². The summed E-state index contributed by atoms with van der Waals surface area (Å²) >= 11 is 2.10. The number of halogens is 3. The third-order valence-corrected chi connectivity index (χ3v) is 2.81. The van der Waals surface area contributed by atoms with Gasteiger partial charge < -0.3 is 0 Å². The van der Waals surface area contributed by atoms with E-state index in [1.165, 1.54) is 12.1 Å². The Kier molecular flexibility index (Phi) is 2.19. The fraction of sp³-hybridized carbons (Fsp3) is 0. The van der Waals surface area contributed by atoms with Crippen molar-refractivity contribution >= 4 is 33.4 Å². The number of hydrogen-bond acceptors (Lipinski definition) is 0. The highest BCUT2D eigenvalue weighted by Crippen LogP contribution is 2.22. The minimum Gasteiger partial charge on any atom is -0.204 e. The zero-order chi connectivity index (χ0) is 9.42. The number of hydrogen-bond donors (Lipinski definition) is 0. The number of rotatable bonds is 0. The van der Waals surface area contributed by atoms with Crippen LogP contribution in [0, 0.1) is 15.2 Å². The Morgan fingerprint density at radius 3 is 2.46 bits per heavy atom. The van der Waals surface area contributed by atoms with E-state index in [0.29, 0.717) is 0 Å². The number of benzene rings is 2. The van der Waals surface area contributed by atoms with E-state index in [2.05, 4.69) is 22.6 Å². The summed E-state index contributed by atoms with van der Waals surface area (Å²) in [5, 5.41) is 1.48. The molecule has 0 unspecified atom stereocenters. The van der Waals surface area contributed by atoms with E-state index in [-0.39, 0.29) is 0 Å². The molecule has 3 heteroatoms. The molecular weight excluding hydrogens is 285 g/mol. The summed E-state index contributed by atoms with van der Waals surface area (Å²) in [6.45, 7) is 0. The lowest BCUT2D eigenvalue weighted by Crippen LogP contribution is -1.85. The average molecular weight is 290 g/mol. The van der Waals surface area contributed by atoms with Crippen LogP contribution in [0.25, 0.3) is 10.8 Å². The molecule has 0 spiro atoms. The fourth-order valence-electron chi connectivity index (χ4n) is 1.23. The molecule has 0 aliphatic heterocycles. The van der Waals surface area contributed by atoms with Gasteiger partial charge in [0.15, 0.2) is 11.6 Å². The highest BCUT2D eigenvalue weighted by molar-refractivity contribution is 14.1. The molecule has 2 aromatic rings. The lowest BCUT2D eigenvalue weighted by Gasteiger charge is -2.00. The topological polar surface area (TPSA) is 0 Å². The fourth-order valence-corrected chi connectivity index (χ4v) is 1.91. The summed E-state index contributed by atoms with van der Waals surface area (Å²) in [5.41, 5.74) is 0. The summed E-state index contributed by atoms with van der Waals surface area (Å²) < 4.78 is 26.6. The van der Waals surface area contributed by atoms with Crippen LogP contribution in [-0.4, -0.2) is 0 Å². The standard InChI is InChI=1S/C10H5F2I/c11-8-4-6-2-1-3-10(13)7(6)5-9(8)12/h1-5H. The summed E-state index contributed by atoms with van der Waals surface area (Å²) in [5.74, 6) is -1.59. The molecule has 0 fully saturated rings. The van der Waals surface area contributed by atoms with Gasteiger partial charge in [-0.1, -0.05) is 12.1 Å². The van der Waals surface area contributed by atoms with Crippen LogP contribution in [0.1, 0.15) is 0 Å². The van der Waals surface area contributed by atoms with Gasteiger partial charge in [0.05, 0.1) is 0 Å². The van der Waals surface area contributed by atoms with Gasteiger partial charge in [0.2, 0.25) is 0 Å². The quantitative estimate of drug-likeness (QED) is 0.649. The van der Waals surface area contributed by atoms with Crippen molar-refractivity contribution in [3.63, 3.8) is 0 Å². The van der Waals surface area contributed by atoms with Crippen molar-refractivity contribution in [1.82, 2.24) is 0 Å². The van der Waals surface area contributed by atoms with Crippen LogP contribution < -0.4 is 0 Å². The first-order chi connectivity index (χ1) is 6.18. The molecule has 66 valence electrons. The lowest BCUT2D eigenvalue weighted by atomic mass is 10.1. The zero-order valence-electron chi connectivity index (χ0n) is 6.52. The molecule has 0 nitrogen and oxygen atoms in total. The van der Waals surface area contributed by atoms with E-state index in [1.54, 1.807) is 6.07 Å². The predicted octanol–water partition coefficient (Wildman–Crippen LogP) is 3.72. The first kappa shape index (κ1) is 8.87. The second-order valence-electron chi connectivity index (χ2n) is 2.73. The average Bonchev–Trinajstić information content (AvgIpc) is 2.09. The van der Waals surface area contributed by atoms with Crippen molar-refractivity contribution in [3.05, 3.63) is 45.5 Å². The smallest absolute Gasteiger partial charge is 0.159 e. The number of fused-ring (bicyclic) bond motifs is 1. The molecule has 0 heterocycles. The zero-order valence-corrected chi connectivity index (χ0v) is 8.68. The Morgan fingerprint density at radius 2 is 1.69 bits per heavy atom. The molecule has 0 saturated carbocycles. The molecule has 0 aliphatic carbocycles. The first-order valence-corrected chi connectivity index (χ1v) is 4.79. The first-order valence-electron chi connectivity index (χ1n) is 3.72. The minimum absolute atomic E-state index is 0.728. The molecule has 0 bridgehead atoms. The summed E-state index contributed by atoms with van der Waals surface area (Å²) in [4.78, 5) is 0. The Bertz CT molecular complexity index is 466. The van der Waals surface area contributed by atoms with Crippen LogP contribution in [0.2, 0.25) is 0 Å². The van der Waals surface area contributed by atoms with Gasteiger partial charge in [0, 0.05) is 3.57 Å². The minimum atomic E-state index is -0.797. The molecule has 0 atom stereocenters. The summed E-state index contributed by atoms with van der Waals surface area (Å²) in [6.07, 6.45) is 0. The van der Waals surface area contributed by atoms with Gasteiger partial charge in [-0.3, -0.25) is 0 Å². The summed E-state index contributed by atoms with van der Waals surface area (Å²) in [7, 11) is 0. The predicted molar refractivity (Wildman–Crippen MR) is 56.6 cm³/mol. The lowest BCUT2D eigenvalue weighted by molar-refractivity contribution is 0.511. The van der Waals surface area contributed by atoms with Gasteiger partial charge in [0.1, 0.15) is 0 Å². The molecule has 0 aromatic heterocycles. The van der Waals surface area contributed by atoms with Crippen molar-refractivity contribution in [3.8, 4) is 0 Å². The van der Waals surface area contributed by atoms with Crippen LogP contribution in [-0.2, 0) is 0 Å². The maximum Gasteiger partial charge on any atom is 0.159 e. The molecule has 2 rings (SSSR count). The van der Waals surface area contributed by atoms with Gasteiger partial charge >= 0.3 is 0 Å². The normalized spacial score (nSPS) is 10.7. The van der Waals surface area contributed by atoms with Gasteiger partial charge in [-0.2, -0.15) is 0 Å². The third kappa shape index (κ3) is 1.52. The van der Waals surface area contributed by atoms with E-state index in [1.807, 2.05) is 12.1 Å². The second kappa shape index (κ2) is 3.21. The highest BCUT2D eigenvalue weighted by Gasteiger charge is 2.05. The monoisotopic (exact) mass is 290 g/mol. The van der Waals surface area contributed by atoms with E-state index in [0.717, 1.165) is 14.3 Å². The maximum atomic E-state index is 12.9. The molecule has 0 saturated heterocycles. The Balaban J connectivity index is 2.89. The van der Waals surface area contributed by atoms with Gasteiger partial charge in [-0.25, -0.2) is 8.78 Å². The molecule has 13 heavy (non-hydrogen) atoms. The van der Waals surface area contributed by atoms with Crippen molar-refractivity contribution in [2.24, 2.45) is 0 Å². The molecule has 0 amide bonds. The van der Waals surface area contributed by atoms with E-state index < -0.39 is 11.6 Å². The molecular formula is C10H5F2I.